The summed E-state index contributed by atoms with van der Waals surface area (Å²) >= 11 is 18.0. The van der Waals surface area contributed by atoms with E-state index in [1.807, 2.05) is 24.3 Å². The molecule has 0 unspecified atom stereocenters. The van der Waals surface area contributed by atoms with Crippen molar-refractivity contribution in [2.24, 2.45) is 5.10 Å². The number of carbonyl (C=O) groups is 1. The molecule has 0 aromatic heterocycles. The van der Waals surface area contributed by atoms with Crippen LogP contribution in [0.3, 0.4) is 0 Å². The van der Waals surface area contributed by atoms with Crippen LogP contribution in [0.25, 0.3) is 0 Å². The molecule has 1 heterocycles. The van der Waals surface area contributed by atoms with Gasteiger partial charge < -0.3 is 0 Å². The lowest BCUT2D eigenvalue weighted by Gasteiger charge is -2.34. The second-order valence-electron chi connectivity index (χ2n) is 6.61. The molecule has 1 N–H and O–H groups in total. The molecule has 3 rings (SSSR count). The number of halogens is 3. The van der Waals surface area contributed by atoms with E-state index in [0.29, 0.717) is 22.2 Å². The lowest BCUT2D eigenvalue weighted by Crippen LogP contribution is -2.48. The van der Waals surface area contributed by atoms with Gasteiger partial charge in [-0.2, -0.15) is 5.10 Å². The number of benzene rings is 2. The van der Waals surface area contributed by atoms with Gasteiger partial charge in [0.2, 0.25) is 0 Å². The smallest absolute Gasteiger partial charge is 0.254 e. The first kappa shape index (κ1) is 21.1. The van der Waals surface area contributed by atoms with Crippen molar-refractivity contribution in [3.63, 3.8) is 0 Å². The first-order chi connectivity index (χ1) is 13.5. The molecule has 1 fully saturated rings. The average Bonchev–Trinajstić information content (AvgIpc) is 2.68. The van der Waals surface area contributed by atoms with Crippen LogP contribution in [-0.4, -0.2) is 54.6 Å². The van der Waals surface area contributed by atoms with E-state index in [1.165, 1.54) is 11.8 Å². The molecule has 2 aromatic rings. The van der Waals surface area contributed by atoms with Crippen molar-refractivity contribution in [2.75, 3.05) is 32.7 Å². The normalized spacial score (nSPS) is 15.8. The summed E-state index contributed by atoms with van der Waals surface area (Å²) in [4.78, 5) is 16.6. The van der Waals surface area contributed by atoms with Gasteiger partial charge >= 0.3 is 0 Å². The largest absolute Gasteiger partial charge is 0.297 e. The van der Waals surface area contributed by atoms with Crippen LogP contribution in [0.5, 0.6) is 0 Å². The van der Waals surface area contributed by atoms with E-state index >= 15 is 0 Å². The van der Waals surface area contributed by atoms with Gasteiger partial charge in [0, 0.05) is 43.3 Å². The summed E-state index contributed by atoms with van der Waals surface area (Å²) in [5.41, 5.74) is 4.44. The monoisotopic (exact) mass is 438 g/mol. The number of hydrazone groups is 1. The average molecular weight is 440 g/mol. The van der Waals surface area contributed by atoms with E-state index in [9.17, 15) is 4.79 Å². The summed E-state index contributed by atoms with van der Waals surface area (Å²) < 4.78 is 0. The van der Waals surface area contributed by atoms with Crippen molar-refractivity contribution >= 4 is 46.9 Å². The predicted molar refractivity (Wildman–Crippen MR) is 115 cm³/mol. The van der Waals surface area contributed by atoms with Crippen LogP contribution in [0.2, 0.25) is 15.1 Å². The molecule has 1 aliphatic heterocycles. The summed E-state index contributed by atoms with van der Waals surface area (Å²) in [7, 11) is 0. The molecule has 0 atom stereocenters. The Labute approximate surface area is 179 Å². The predicted octanol–water partition coefficient (Wildman–Crippen LogP) is 3.91. The highest BCUT2D eigenvalue weighted by atomic mass is 35.5. The number of nitrogens with zero attached hydrogens (tertiary/aromatic N) is 3. The van der Waals surface area contributed by atoms with Gasteiger partial charge in [-0.1, -0.05) is 59.1 Å². The highest BCUT2D eigenvalue weighted by Gasteiger charge is 2.18. The van der Waals surface area contributed by atoms with E-state index in [1.54, 1.807) is 18.2 Å². The SMILES string of the molecule is O=C(CN1CCN(Cc2ccc(Cl)cc2)CC1)NN=Cc1cccc(Cl)c1Cl. The minimum Gasteiger partial charge on any atom is -0.297 e. The minimum absolute atomic E-state index is 0.152. The third-order valence-electron chi connectivity index (χ3n) is 4.53. The van der Waals surface area contributed by atoms with E-state index in [4.69, 9.17) is 34.8 Å². The molecular weight excluding hydrogens is 419 g/mol. The van der Waals surface area contributed by atoms with Gasteiger partial charge in [0.15, 0.2) is 0 Å². The second kappa shape index (κ2) is 10.2. The molecule has 1 amide bonds. The number of rotatable bonds is 6. The summed E-state index contributed by atoms with van der Waals surface area (Å²) in [6.45, 7) is 4.71. The zero-order valence-electron chi connectivity index (χ0n) is 15.2. The molecule has 1 aliphatic rings. The number of hydrogen-bond donors (Lipinski definition) is 1. The topological polar surface area (TPSA) is 47.9 Å². The van der Waals surface area contributed by atoms with Crippen LogP contribution in [0.1, 0.15) is 11.1 Å². The second-order valence-corrected chi connectivity index (χ2v) is 7.84. The number of amides is 1. The Morgan fingerprint density at radius 3 is 2.39 bits per heavy atom. The van der Waals surface area contributed by atoms with Gasteiger partial charge in [0.25, 0.3) is 5.91 Å². The third kappa shape index (κ3) is 6.19. The van der Waals surface area contributed by atoms with E-state index < -0.39 is 0 Å². The molecular formula is C20H21Cl3N4O. The Bertz CT molecular complexity index is 834. The van der Waals surface area contributed by atoms with Gasteiger partial charge in [-0.3, -0.25) is 14.6 Å². The summed E-state index contributed by atoms with van der Waals surface area (Å²) in [6, 6.07) is 13.2. The van der Waals surface area contributed by atoms with Gasteiger partial charge in [-0.05, 0) is 23.8 Å². The number of carbonyl (C=O) groups excluding carboxylic acids is 1. The molecule has 0 radical (unpaired) electrons. The minimum atomic E-state index is -0.152. The van der Waals surface area contributed by atoms with Gasteiger partial charge in [-0.15, -0.1) is 0 Å². The van der Waals surface area contributed by atoms with Crippen LogP contribution >= 0.6 is 34.8 Å². The van der Waals surface area contributed by atoms with Crippen molar-refractivity contribution in [2.45, 2.75) is 6.54 Å². The molecule has 0 bridgehead atoms. The van der Waals surface area contributed by atoms with Crippen molar-refractivity contribution in [1.29, 1.82) is 0 Å². The van der Waals surface area contributed by atoms with Crippen LogP contribution in [-0.2, 0) is 11.3 Å². The fourth-order valence-electron chi connectivity index (χ4n) is 2.99. The first-order valence-corrected chi connectivity index (χ1v) is 10.1. The first-order valence-electron chi connectivity index (χ1n) is 8.96. The Kier molecular flexibility index (Phi) is 7.71. The molecule has 5 nitrogen and oxygen atoms in total. The van der Waals surface area contributed by atoms with E-state index in [0.717, 1.165) is 37.7 Å². The summed E-state index contributed by atoms with van der Waals surface area (Å²) in [5.74, 6) is -0.152. The summed E-state index contributed by atoms with van der Waals surface area (Å²) in [6.07, 6.45) is 1.50. The molecule has 8 heteroatoms. The Morgan fingerprint density at radius 1 is 1.00 bits per heavy atom. The molecule has 148 valence electrons. The van der Waals surface area contributed by atoms with Gasteiger partial charge in [-0.25, -0.2) is 5.43 Å². The molecule has 2 aromatic carbocycles. The van der Waals surface area contributed by atoms with Crippen molar-refractivity contribution in [3.8, 4) is 0 Å². The number of hydrogen-bond acceptors (Lipinski definition) is 4. The Balaban J connectivity index is 1.40. The van der Waals surface area contributed by atoms with Gasteiger partial charge in [0.05, 0.1) is 22.8 Å². The van der Waals surface area contributed by atoms with Gasteiger partial charge in [0.1, 0.15) is 0 Å². The van der Waals surface area contributed by atoms with Crippen molar-refractivity contribution < 1.29 is 4.79 Å². The number of piperazine rings is 1. The fourth-order valence-corrected chi connectivity index (χ4v) is 3.47. The maximum atomic E-state index is 12.1. The summed E-state index contributed by atoms with van der Waals surface area (Å²) in [5, 5.41) is 5.59. The standard InChI is InChI=1S/C20H21Cl3N4O/c21-17-6-4-15(5-7-17)13-26-8-10-27(11-9-26)14-19(28)25-24-12-16-2-1-3-18(22)20(16)23/h1-7,12H,8-11,13-14H2,(H,25,28). The third-order valence-corrected chi connectivity index (χ3v) is 5.61. The Morgan fingerprint density at radius 2 is 1.68 bits per heavy atom. The van der Waals surface area contributed by atoms with E-state index in [2.05, 4.69) is 20.3 Å². The quantitative estimate of drug-likeness (QED) is 0.548. The maximum absolute atomic E-state index is 12.1. The van der Waals surface area contributed by atoms with Crippen LogP contribution in [0, 0.1) is 0 Å². The Hall–Kier alpha value is -1.63. The van der Waals surface area contributed by atoms with Crippen LogP contribution in [0.15, 0.2) is 47.6 Å². The maximum Gasteiger partial charge on any atom is 0.254 e. The lowest BCUT2D eigenvalue weighted by molar-refractivity contribution is -0.122. The zero-order chi connectivity index (χ0) is 19.9. The molecule has 0 spiro atoms. The molecule has 1 saturated heterocycles. The van der Waals surface area contributed by atoms with E-state index in [-0.39, 0.29) is 5.91 Å². The fraction of sp³-hybridized carbons (Fsp3) is 0.300. The molecule has 0 aliphatic carbocycles. The van der Waals surface area contributed by atoms with Crippen LogP contribution in [0.4, 0.5) is 0 Å². The number of nitrogens with one attached hydrogen (secondary N) is 1. The van der Waals surface area contributed by atoms with Crippen molar-refractivity contribution in [3.05, 3.63) is 68.7 Å². The van der Waals surface area contributed by atoms with Crippen molar-refractivity contribution in [1.82, 2.24) is 15.2 Å². The van der Waals surface area contributed by atoms with Crippen LogP contribution < -0.4 is 5.43 Å². The highest BCUT2D eigenvalue weighted by molar-refractivity contribution is 6.43. The highest BCUT2D eigenvalue weighted by Crippen LogP contribution is 2.24. The zero-order valence-corrected chi connectivity index (χ0v) is 17.5. The lowest BCUT2D eigenvalue weighted by atomic mass is 10.2. The molecule has 28 heavy (non-hydrogen) atoms. The molecule has 0 saturated carbocycles.